The highest BCUT2D eigenvalue weighted by molar-refractivity contribution is 6.14. The van der Waals surface area contributed by atoms with E-state index in [4.69, 9.17) is 12.6 Å². The van der Waals surface area contributed by atoms with E-state index in [2.05, 4.69) is 0 Å². The van der Waals surface area contributed by atoms with Gasteiger partial charge in [-0.2, -0.15) is 0 Å². The van der Waals surface area contributed by atoms with Crippen LogP contribution >= 0.6 is 0 Å². The van der Waals surface area contributed by atoms with E-state index in [1.807, 2.05) is 20.8 Å². The first-order valence-electron chi connectivity index (χ1n) is 5.19. The molecule has 1 N–H and O–H groups in total. The van der Waals surface area contributed by atoms with Crippen LogP contribution in [-0.4, -0.2) is 48.1 Å². The quantitative estimate of drug-likeness (QED) is 0.605. The van der Waals surface area contributed by atoms with Crippen LogP contribution in [0.3, 0.4) is 0 Å². The Morgan fingerprint density at radius 2 is 2.13 bits per heavy atom. The van der Waals surface area contributed by atoms with E-state index in [-0.39, 0.29) is 6.54 Å². The predicted octanol–water partition coefficient (Wildman–Crippen LogP) is 0.874. The van der Waals surface area contributed by atoms with E-state index in [9.17, 15) is 9.90 Å². The van der Waals surface area contributed by atoms with Gasteiger partial charge >= 0.3 is 6.09 Å². The third kappa shape index (κ3) is 4.12. The monoisotopic (exact) mass is 211 g/mol. The van der Waals surface area contributed by atoms with Crippen molar-refractivity contribution in [1.82, 2.24) is 4.90 Å². The summed E-state index contributed by atoms with van der Waals surface area (Å²) >= 11 is 0. The smallest absolute Gasteiger partial charge is 0.410 e. The van der Waals surface area contributed by atoms with E-state index in [0.29, 0.717) is 19.4 Å². The van der Waals surface area contributed by atoms with Crippen molar-refractivity contribution >= 4 is 13.9 Å². The third-order valence-corrected chi connectivity index (χ3v) is 2.15. The number of likely N-dealkylation sites (tertiary alicyclic amines) is 1. The summed E-state index contributed by atoms with van der Waals surface area (Å²) in [5, 5.41) is 9.62. The fraction of sp³-hybridized carbons (Fsp3) is 0.900. The van der Waals surface area contributed by atoms with Gasteiger partial charge in [0, 0.05) is 18.6 Å². The Hall–Kier alpha value is -0.705. The zero-order valence-corrected chi connectivity index (χ0v) is 9.62. The van der Waals surface area contributed by atoms with Crippen LogP contribution in [-0.2, 0) is 4.74 Å². The number of amides is 1. The molecule has 0 aliphatic carbocycles. The summed E-state index contributed by atoms with van der Waals surface area (Å²) in [6, 6.07) is 0. The van der Waals surface area contributed by atoms with Crippen LogP contribution in [0.25, 0.3) is 0 Å². The van der Waals surface area contributed by atoms with Crippen molar-refractivity contribution in [3.8, 4) is 0 Å². The number of nitrogens with zero attached hydrogens (tertiary/aromatic N) is 1. The minimum Gasteiger partial charge on any atom is -0.444 e. The van der Waals surface area contributed by atoms with E-state index >= 15 is 0 Å². The SMILES string of the molecule is [B]C1(O)CCCN(C(=O)OC(C)(C)C)C1. The zero-order chi connectivity index (χ0) is 11.7. The molecule has 0 aromatic carbocycles. The summed E-state index contributed by atoms with van der Waals surface area (Å²) in [5.74, 6) is 0. The van der Waals surface area contributed by atoms with Crippen LogP contribution < -0.4 is 0 Å². The molecule has 1 aliphatic rings. The number of hydrogen-bond donors (Lipinski definition) is 1. The van der Waals surface area contributed by atoms with Crippen molar-refractivity contribution in [2.24, 2.45) is 0 Å². The molecule has 84 valence electrons. The van der Waals surface area contributed by atoms with Crippen molar-refractivity contribution in [2.75, 3.05) is 13.1 Å². The van der Waals surface area contributed by atoms with Gasteiger partial charge in [0.2, 0.25) is 0 Å². The van der Waals surface area contributed by atoms with Gasteiger partial charge in [0.05, 0.1) is 0 Å². The van der Waals surface area contributed by atoms with Gasteiger partial charge in [0.25, 0.3) is 0 Å². The second kappa shape index (κ2) is 4.04. The predicted molar refractivity (Wildman–Crippen MR) is 57.7 cm³/mol. The minimum atomic E-state index is -1.27. The van der Waals surface area contributed by atoms with Gasteiger partial charge in [-0.25, -0.2) is 4.79 Å². The van der Waals surface area contributed by atoms with E-state index in [1.165, 1.54) is 4.90 Å². The number of aliphatic hydroxyl groups is 1. The maximum Gasteiger partial charge on any atom is 0.410 e. The molecular weight excluding hydrogens is 193 g/mol. The lowest BCUT2D eigenvalue weighted by molar-refractivity contribution is -0.00693. The molecule has 5 heteroatoms. The van der Waals surface area contributed by atoms with Crippen molar-refractivity contribution < 1.29 is 14.6 Å². The zero-order valence-electron chi connectivity index (χ0n) is 9.62. The molecule has 1 aliphatic heterocycles. The van der Waals surface area contributed by atoms with Crippen LogP contribution in [0.1, 0.15) is 33.6 Å². The maximum atomic E-state index is 11.6. The Bertz CT molecular complexity index is 248. The molecule has 4 nitrogen and oxygen atoms in total. The summed E-state index contributed by atoms with van der Waals surface area (Å²) in [6.45, 7) is 6.16. The molecule has 1 fully saturated rings. The lowest BCUT2D eigenvalue weighted by Crippen LogP contribution is -2.51. The van der Waals surface area contributed by atoms with E-state index in [0.717, 1.165) is 0 Å². The van der Waals surface area contributed by atoms with Crippen LogP contribution in [0.15, 0.2) is 0 Å². The van der Waals surface area contributed by atoms with E-state index in [1.54, 1.807) is 0 Å². The number of piperidine rings is 1. The van der Waals surface area contributed by atoms with Gasteiger partial charge in [-0.3, -0.25) is 0 Å². The summed E-state index contributed by atoms with van der Waals surface area (Å²) in [6.07, 6.45) is 0.810. The van der Waals surface area contributed by atoms with Crippen LogP contribution in [0.5, 0.6) is 0 Å². The molecule has 2 radical (unpaired) electrons. The Morgan fingerprint density at radius 1 is 1.53 bits per heavy atom. The first kappa shape index (κ1) is 12.4. The van der Waals surface area contributed by atoms with Gasteiger partial charge in [-0.1, -0.05) is 0 Å². The van der Waals surface area contributed by atoms with Crippen LogP contribution in [0.4, 0.5) is 4.79 Å². The lowest BCUT2D eigenvalue weighted by Gasteiger charge is -2.37. The molecule has 1 saturated heterocycles. The molecule has 15 heavy (non-hydrogen) atoms. The second-order valence-corrected chi connectivity index (χ2v) is 5.11. The molecule has 0 aromatic rings. The number of β-amino-alcohol motifs (C(OH)–C–C–N with tert-alkyl or cyclic N) is 1. The molecule has 0 spiro atoms. The standard InChI is InChI=1S/C10H18BNO3/c1-9(2,3)15-8(13)12-6-4-5-10(11,14)7-12/h14H,4-7H2,1-3H3. The van der Waals surface area contributed by atoms with Crippen molar-refractivity contribution in [2.45, 2.75) is 44.7 Å². The average molecular weight is 211 g/mol. The highest BCUT2D eigenvalue weighted by Gasteiger charge is 2.32. The maximum absolute atomic E-state index is 11.6. The molecule has 0 bridgehead atoms. The Balaban J connectivity index is 2.53. The summed E-state index contributed by atoms with van der Waals surface area (Å²) in [5.41, 5.74) is -1.78. The van der Waals surface area contributed by atoms with Crippen LogP contribution in [0, 0.1) is 0 Å². The lowest BCUT2D eigenvalue weighted by atomic mass is 9.75. The Kier molecular flexibility index (Phi) is 3.33. The summed E-state index contributed by atoms with van der Waals surface area (Å²) < 4.78 is 5.19. The summed E-state index contributed by atoms with van der Waals surface area (Å²) in [7, 11) is 5.58. The topological polar surface area (TPSA) is 49.8 Å². The van der Waals surface area contributed by atoms with Gasteiger partial charge in [0.15, 0.2) is 0 Å². The molecule has 1 unspecified atom stereocenters. The third-order valence-electron chi connectivity index (χ3n) is 2.15. The molecule has 1 atom stereocenters. The van der Waals surface area contributed by atoms with Crippen LogP contribution in [0.2, 0.25) is 0 Å². The molecular formula is C10H18BNO3. The molecule has 1 amide bonds. The fourth-order valence-electron chi connectivity index (χ4n) is 1.55. The van der Waals surface area contributed by atoms with Gasteiger partial charge < -0.3 is 14.7 Å². The number of rotatable bonds is 0. The summed E-state index contributed by atoms with van der Waals surface area (Å²) in [4.78, 5) is 13.1. The van der Waals surface area contributed by atoms with Crippen molar-refractivity contribution in [3.05, 3.63) is 0 Å². The molecule has 0 saturated carbocycles. The van der Waals surface area contributed by atoms with Gasteiger partial charge in [0.1, 0.15) is 13.4 Å². The first-order chi connectivity index (χ1) is 6.70. The van der Waals surface area contributed by atoms with Gasteiger partial charge in [-0.05, 0) is 33.6 Å². The normalized spacial score (nSPS) is 27.6. The largest absolute Gasteiger partial charge is 0.444 e. The number of carbonyl (C=O) groups excluding carboxylic acids is 1. The van der Waals surface area contributed by atoms with E-state index < -0.39 is 17.2 Å². The fourth-order valence-corrected chi connectivity index (χ4v) is 1.55. The molecule has 0 aromatic heterocycles. The molecule has 1 heterocycles. The van der Waals surface area contributed by atoms with Crippen molar-refractivity contribution in [1.29, 1.82) is 0 Å². The number of ether oxygens (including phenoxy) is 1. The Labute approximate surface area is 92.0 Å². The molecule has 1 rings (SSSR count). The van der Waals surface area contributed by atoms with Gasteiger partial charge in [-0.15, -0.1) is 0 Å². The number of carbonyl (C=O) groups is 1. The second-order valence-electron chi connectivity index (χ2n) is 5.11. The highest BCUT2D eigenvalue weighted by atomic mass is 16.6. The first-order valence-corrected chi connectivity index (χ1v) is 5.19. The van der Waals surface area contributed by atoms with Crippen molar-refractivity contribution in [3.63, 3.8) is 0 Å². The number of hydrogen-bond acceptors (Lipinski definition) is 3. The Morgan fingerprint density at radius 3 is 2.60 bits per heavy atom. The average Bonchev–Trinajstić information content (AvgIpc) is 1.99. The minimum absolute atomic E-state index is 0.141. The highest BCUT2D eigenvalue weighted by Crippen LogP contribution is 2.20.